The van der Waals surface area contributed by atoms with E-state index in [1.54, 1.807) is 29.4 Å². The minimum atomic E-state index is -0.222. The van der Waals surface area contributed by atoms with Crippen LogP contribution in [0.5, 0.6) is 0 Å². The van der Waals surface area contributed by atoms with E-state index in [0.29, 0.717) is 25.4 Å². The van der Waals surface area contributed by atoms with Gasteiger partial charge in [-0.3, -0.25) is 14.2 Å². The van der Waals surface area contributed by atoms with Gasteiger partial charge < -0.3 is 14.6 Å². The van der Waals surface area contributed by atoms with Gasteiger partial charge in [0, 0.05) is 38.2 Å². The molecule has 0 aliphatic carbocycles. The molecule has 0 radical (unpaired) electrons. The molecular formula is C21H23N5O3. The lowest BCUT2D eigenvalue weighted by atomic mass is 9.97. The lowest BCUT2D eigenvalue weighted by Crippen LogP contribution is -2.45. The molecule has 1 N–H and O–H groups in total. The van der Waals surface area contributed by atoms with Crippen molar-refractivity contribution >= 4 is 11.8 Å². The molecule has 150 valence electrons. The predicted molar refractivity (Wildman–Crippen MR) is 105 cm³/mol. The molecule has 4 rings (SSSR count). The van der Waals surface area contributed by atoms with E-state index in [1.807, 2.05) is 29.8 Å². The van der Waals surface area contributed by atoms with Gasteiger partial charge in [-0.25, -0.2) is 9.97 Å². The molecule has 0 aromatic carbocycles. The van der Waals surface area contributed by atoms with Gasteiger partial charge in [-0.1, -0.05) is 0 Å². The molecule has 1 aliphatic rings. The summed E-state index contributed by atoms with van der Waals surface area (Å²) in [6, 6.07) is 7.15. The maximum atomic E-state index is 12.7. The molecule has 2 amide bonds. The lowest BCUT2D eigenvalue weighted by Gasteiger charge is -2.31. The van der Waals surface area contributed by atoms with Crippen LogP contribution in [0.15, 0.2) is 53.5 Å². The summed E-state index contributed by atoms with van der Waals surface area (Å²) in [6.07, 6.45) is 8.35. The second kappa shape index (κ2) is 8.30. The topological polar surface area (TPSA) is 93.3 Å². The summed E-state index contributed by atoms with van der Waals surface area (Å²) in [4.78, 5) is 35.4. The SMILES string of the molecule is Cc1nccn1-c1cc(CNC(=O)C2CCCN(C(=O)c3ccco3)C2)ccn1. The Morgan fingerprint density at radius 3 is 2.93 bits per heavy atom. The molecule has 8 heteroatoms. The number of hydrogen-bond donors (Lipinski definition) is 1. The van der Waals surface area contributed by atoms with Gasteiger partial charge in [0.2, 0.25) is 5.91 Å². The fourth-order valence-corrected chi connectivity index (χ4v) is 3.59. The van der Waals surface area contributed by atoms with Crippen LogP contribution in [0, 0.1) is 12.8 Å². The first kappa shape index (κ1) is 18.9. The maximum absolute atomic E-state index is 12.7. The number of rotatable bonds is 5. The van der Waals surface area contributed by atoms with Crippen LogP contribution in [-0.2, 0) is 11.3 Å². The van der Waals surface area contributed by atoms with Crippen molar-refractivity contribution < 1.29 is 14.0 Å². The number of piperidine rings is 1. The second-order valence-corrected chi connectivity index (χ2v) is 7.15. The van der Waals surface area contributed by atoms with E-state index >= 15 is 0 Å². The van der Waals surface area contributed by atoms with Crippen LogP contribution in [0.2, 0.25) is 0 Å². The Morgan fingerprint density at radius 2 is 2.17 bits per heavy atom. The Hall–Kier alpha value is -3.42. The quantitative estimate of drug-likeness (QED) is 0.718. The Labute approximate surface area is 168 Å². The minimum Gasteiger partial charge on any atom is -0.459 e. The van der Waals surface area contributed by atoms with Crippen LogP contribution in [0.25, 0.3) is 5.82 Å². The van der Waals surface area contributed by atoms with Crippen LogP contribution >= 0.6 is 0 Å². The summed E-state index contributed by atoms with van der Waals surface area (Å²) >= 11 is 0. The zero-order valence-corrected chi connectivity index (χ0v) is 16.2. The van der Waals surface area contributed by atoms with Gasteiger partial charge in [-0.2, -0.15) is 0 Å². The van der Waals surface area contributed by atoms with Gasteiger partial charge in [-0.15, -0.1) is 0 Å². The van der Waals surface area contributed by atoms with Crippen molar-refractivity contribution in [2.24, 2.45) is 5.92 Å². The van der Waals surface area contributed by atoms with Gasteiger partial charge in [0.05, 0.1) is 12.2 Å². The Morgan fingerprint density at radius 1 is 1.28 bits per heavy atom. The molecule has 1 atom stereocenters. The normalized spacial score (nSPS) is 16.6. The molecule has 1 saturated heterocycles. The number of imidazole rings is 1. The Balaban J connectivity index is 1.36. The zero-order valence-electron chi connectivity index (χ0n) is 16.2. The molecule has 1 unspecified atom stereocenters. The molecule has 4 heterocycles. The number of aromatic nitrogens is 3. The molecular weight excluding hydrogens is 370 g/mol. The van der Waals surface area contributed by atoms with E-state index < -0.39 is 0 Å². The van der Waals surface area contributed by atoms with Crippen LogP contribution in [0.4, 0.5) is 0 Å². The highest BCUT2D eigenvalue weighted by atomic mass is 16.3. The predicted octanol–water partition coefficient (Wildman–Crippen LogP) is 2.34. The molecule has 29 heavy (non-hydrogen) atoms. The van der Waals surface area contributed by atoms with Crippen LogP contribution in [-0.4, -0.2) is 44.3 Å². The van der Waals surface area contributed by atoms with E-state index in [1.165, 1.54) is 6.26 Å². The van der Waals surface area contributed by atoms with E-state index in [9.17, 15) is 9.59 Å². The third-order valence-electron chi connectivity index (χ3n) is 5.16. The summed E-state index contributed by atoms with van der Waals surface area (Å²) in [5.41, 5.74) is 0.954. The summed E-state index contributed by atoms with van der Waals surface area (Å²) in [5, 5.41) is 3.00. The van der Waals surface area contributed by atoms with Gasteiger partial charge in [0.15, 0.2) is 5.76 Å². The molecule has 1 aliphatic heterocycles. The monoisotopic (exact) mass is 393 g/mol. The molecule has 8 nitrogen and oxygen atoms in total. The van der Waals surface area contributed by atoms with Crippen molar-refractivity contribution in [2.45, 2.75) is 26.3 Å². The summed E-state index contributed by atoms with van der Waals surface area (Å²) in [5.74, 6) is 1.49. The maximum Gasteiger partial charge on any atom is 0.289 e. The van der Waals surface area contributed by atoms with E-state index in [0.717, 1.165) is 30.0 Å². The number of nitrogens with zero attached hydrogens (tertiary/aromatic N) is 4. The number of hydrogen-bond acceptors (Lipinski definition) is 5. The first-order valence-electron chi connectivity index (χ1n) is 9.67. The Bertz CT molecular complexity index is 995. The number of aryl methyl sites for hydroxylation is 1. The molecule has 3 aromatic heterocycles. The number of furan rings is 1. The molecule has 1 fully saturated rings. The average Bonchev–Trinajstić information content (AvgIpc) is 3.44. The summed E-state index contributed by atoms with van der Waals surface area (Å²) < 4.78 is 7.09. The fraction of sp³-hybridized carbons (Fsp3) is 0.333. The van der Waals surface area contributed by atoms with Crippen LogP contribution in [0.1, 0.15) is 34.8 Å². The number of nitrogens with one attached hydrogen (secondary N) is 1. The minimum absolute atomic E-state index is 0.0425. The highest BCUT2D eigenvalue weighted by Gasteiger charge is 2.29. The average molecular weight is 393 g/mol. The fourth-order valence-electron chi connectivity index (χ4n) is 3.59. The second-order valence-electron chi connectivity index (χ2n) is 7.15. The van der Waals surface area contributed by atoms with Crippen molar-refractivity contribution in [3.63, 3.8) is 0 Å². The van der Waals surface area contributed by atoms with Gasteiger partial charge in [0.1, 0.15) is 11.6 Å². The third-order valence-corrected chi connectivity index (χ3v) is 5.16. The van der Waals surface area contributed by atoms with E-state index in [-0.39, 0.29) is 17.7 Å². The molecule has 0 saturated carbocycles. The highest BCUT2D eigenvalue weighted by molar-refractivity contribution is 5.92. The largest absolute Gasteiger partial charge is 0.459 e. The van der Waals surface area contributed by atoms with E-state index in [4.69, 9.17) is 4.42 Å². The third kappa shape index (κ3) is 4.21. The van der Waals surface area contributed by atoms with Gasteiger partial charge in [-0.05, 0) is 49.6 Å². The van der Waals surface area contributed by atoms with Crippen LogP contribution < -0.4 is 5.32 Å². The number of carbonyl (C=O) groups excluding carboxylic acids is 2. The summed E-state index contributed by atoms with van der Waals surface area (Å²) in [7, 11) is 0. The molecule has 0 bridgehead atoms. The van der Waals surface area contributed by atoms with Gasteiger partial charge >= 0.3 is 0 Å². The zero-order chi connectivity index (χ0) is 20.2. The molecule has 3 aromatic rings. The van der Waals surface area contributed by atoms with Crippen LogP contribution in [0.3, 0.4) is 0 Å². The first-order valence-corrected chi connectivity index (χ1v) is 9.67. The van der Waals surface area contributed by atoms with Gasteiger partial charge in [0.25, 0.3) is 5.91 Å². The smallest absolute Gasteiger partial charge is 0.289 e. The van der Waals surface area contributed by atoms with Crippen molar-refractivity contribution in [3.05, 3.63) is 66.3 Å². The van der Waals surface area contributed by atoms with E-state index in [2.05, 4.69) is 15.3 Å². The highest BCUT2D eigenvalue weighted by Crippen LogP contribution is 2.19. The first-order chi connectivity index (χ1) is 14.1. The number of carbonyl (C=O) groups is 2. The van der Waals surface area contributed by atoms with Crippen molar-refractivity contribution in [3.8, 4) is 5.82 Å². The number of amides is 2. The van der Waals surface area contributed by atoms with Crippen molar-refractivity contribution in [2.75, 3.05) is 13.1 Å². The number of pyridine rings is 1. The Kier molecular flexibility index (Phi) is 5.41. The lowest BCUT2D eigenvalue weighted by molar-refractivity contribution is -0.126. The van der Waals surface area contributed by atoms with Crippen molar-refractivity contribution in [1.82, 2.24) is 24.8 Å². The van der Waals surface area contributed by atoms with Crippen molar-refractivity contribution in [1.29, 1.82) is 0 Å². The standard InChI is InChI=1S/C21H23N5O3/c1-15-22-8-10-26(15)19-12-16(6-7-23-19)13-24-20(27)17-4-2-9-25(14-17)21(28)18-5-3-11-29-18/h3,5-8,10-12,17H,2,4,9,13-14H2,1H3,(H,24,27). The number of likely N-dealkylation sites (tertiary alicyclic amines) is 1. The molecule has 0 spiro atoms. The summed E-state index contributed by atoms with van der Waals surface area (Å²) in [6.45, 7) is 3.36.